The molecule has 0 radical (unpaired) electrons. The van der Waals surface area contributed by atoms with Gasteiger partial charge in [-0.1, -0.05) is 19.6 Å². The first kappa shape index (κ1) is 22.5. The van der Waals surface area contributed by atoms with E-state index in [9.17, 15) is 9.59 Å². The zero-order valence-electron chi connectivity index (χ0n) is 18.3. The van der Waals surface area contributed by atoms with E-state index in [1.54, 1.807) is 0 Å². The zero-order valence-corrected chi connectivity index (χ0v) is 19.3. The van der Waals surface area contributed by atoms with Crippen LogP contribution in [-0.4, -0.2) is 62.8 Å². The molecule has 2 aromatic rings. The molecule has 3 rings (SSSR count). The number of carbonyl (C=O) groups excluding carboxylic acids is 2. The molecule has 164 valence electrons. The molecule has 1 unspecified atom stereocenters. The number of fused-ring (bicyclic) bond motifs is 1. The maximum atomic E-state index is 12.9. The number of aromatic nitrogens is 1. The molecule has 2 heterocycles. The standard InChI is InChI=1S/C22H32N2O5Si/c1-17(29-16-25)20-14-24(15-28-11-12-30(2,3)4)21-6-5-18(13-19(20)21)22(26)23-7-9-27-10-8-23/h5-6,13-14,16-17H,7-12,15H2,1-4H3. The normalized spacial score (nSPS) is 15.9. The lowest BCUT2D eigenvalue weighted by molar-refractivity contribution is -0.133. The second-order valence-electron chi connectivity index (χ2n) is 8.91. The Labute approximate surface area is 178 Å². The summed E-state index contributed by atoms with van der Waals surface area (Å²) in [5.74, 6) is -0.00533. The van der Waals surface area contributed by atoms with Crippen LogP contribution in [0.5, 0.6) is 0 Å². The van der Waals surface area contributed by atoms with Crippen molar-refractivity contribution in [3.05, 3.63) is 35.5 Å². The maximum absolute atomic E-state index is 12.9. The van der Waals surface area contributed by atoms with Gasteiger partial charge in [0, 0.05) is 50.5 Å². The predicted octanol–water partition coefficient (Wildman–Crippen LogP) is 3.66. The fourth-order valence-electron chi connectivity index (χ4n) is 3.54. The van der Waals surface area contributed by atoms with Crippen LogP contribution < -0.4 is 0 Å². The number of ether oxygens (including phenoxy) is 3. The third kappa shape index (κ3) is 5.50. The van der Waals surface area contributed by atoms with Gasteiger partial charge in [-0.2, -0.15) is 0 Å². The van der Waals surface area contributed by atoms with Crippen LogP contribution in [0.1, 0.15) is 28.9 Å². The number of hydrogen-bond donors (Lipinski definition) is 0. The predicted molar refractivity (Wildman–Crippen MR) is 118 cm³/mol. The Morgan fingerprint density at radius 3 is 2.67 bits per heavy atom. The van der Waals surface area contributed by atoms with Crippen molar-refractivity contribution in [2.24, 2.45) is 0 Å². The highest BCUT2D eigenvalue weighted by molar-refractivity contribution is 6.76. The molecule has 0 saturated carbocycles. The minimum atomic E-state index is -1.15. The van der Waals surface area contributed by atoms with Gasteiger partial charge in [0.25, 0.3) is 12.4 Å². The molecule has 1 fully saturated rings. The van der Waals surface area contributed by atoms with Crippen molar-refractivity contribution < 1.29 is 23.8 Å². The van der Waals surface area contributed by atoms with Gasteiger partial charge in [-0.05, 0) is 31.2 Å². The van der Waals surface area contributed by atoms with Gasteiger partial charge in [-0.3, -0.25) is 9.59 Å². The second-order valence-corrected chi connectivity index (χ2v) is 14.5. The third-order valence-corrected chi connectivity index (χ3v) is 7.09. The summed E-state index contributed by atoms with van der Waals surface area (Å²) < 4.78 is 18.5. The van der Waals surface area contributed by atoms with Crippen LogP contribution >= 0.6 is 0 Å². The Balaban J connectivity index is 1.86. The van der Waals surface area contributed by atoms with Crippen LogP contribution in [0.15, 0.2) is 24.4 Å². The number of rotatable bonds is 9. The number of morpholine rings is 1. The Hall–Kier alpha value is -2.16. The Kier molecular flexibility index (Phi) is 7.33. The smallest absolute Gasteiger partial charge is 0.293 e. The van der Waals surface area contributed by atoms with Crippen LogP contribution in [0.25, 0.3) is 10.9 Å². The lowest BCUT2D eigenvalue weighted by atomic mass is 10.1. The molecule has 1 aliphatic heterocycles. The van der Waals surface area contributed by atoms with E-state index in [4.69, 9.17) is 14.2 Å². The molecule has 7 nitrogen and oxygen atoms in total. The summed E-state index contributed by atoms with van der Waals surface area (Å²) in [4.78, 5) is 25.6. The summed E-state index contributed by atoms with van der Waals surface area (Å²) in [5.41, 5.74) is 2.45. The lowest BCUT2D eigenvalue weighted by Crippen LogP contribution is -2.40. The van der Waals surface area contributed by atoms with E-state index in [2.05, 4.69) is 19.6 Å². The highest BCUT2D eigenvalue weighted by Crippen LogP contribution is 2.30. The molecular weight excluding hydrogens is 400 g/mol. The van der Waals surface area contributed by atoms with Gasteiger partial charge in [-0.25, -0.2) is 0 Å². The van der Waals surface area contributed by atoms with Crippen molar-refractivity contribution in [2.45, 2.75) is 45.4 Å². The average Bonchev–Trinajstić information content (AvgIpc) is 3.09. The topological polar surface area (TPSA) is 70.0 Å². The van der Waals surface area contributed by atoms with Gasteiger partial charge in [0.1, 0.15) is 12.8 Å². The quantitative estimate of drug-likeness (QED) is 0.344. The molecule has 1 atom stereocenters. The first-order valence-electron chi connectivity index (χ1n) is 10.5. The van der Waals surface area contributed by atoms with Crippen molar-refractivity contribution in [1.82, 2.24) is 9.47 Å². The summed E-state index contributed by atoms with van der Waals surface area (Å²) in [6, 6.07) is 6.79. The number of nitrogens with zero attached hydrogens (tertiary/aromatic N) is 2. The van der Waals surface area contributed by atoms with E-state index in [1.165, 1.54) is 0 Å². The monoisotopic (exact) mass is 432 g/mol. The molecule has 30 heavy (non-hydrogen) atoms. The van der Waals surface area contributed by atoms with Crippen LogP contribution in [0.4, 0.5) is 0 Å². The largest absolute Gasteiger partial charge is 0.460 e. The van der Waals surface area contributed by atoms with Crippen molar-refractivity contribution in [3.63, 3.8) is 0 Å². The first-order chi connectivity index (χ1) is 14.3. The van der Waals surface area contributed by atoms with Crippen LogP contribution in [-0.2, 0) is 25.7 Å². The van der Waals surface area contributed by atoms with E-state index in [0.717, 1.165) is 29.1 Å². The highest BCUT2D eigenvalue weighted by Gasteiger charge is 2.21. The summed E-state index contributed by atoms with van der Waals surface area (Å²) in [6.45, 7) is 12.7. The Bertz CT molecular complexity index is 884. The van der Waals surface area contributed by atoms with Gasteiger partial charge in [0.2, 0.25) is 0 Å². The first-order valence-corrected chi connectivity index (χ1v) is 14.2. The van der Waals surface area contributed by atoms with E-state index >= 15 is 0 Å². The molecule has 1 saturated heterocycles. The molecule has 0 bridgehead atoms. The molecule has 0 spiro atoms. The van der Waals surface area contributed by atoms with Crippen LogP contribution in [0.2, 0.25) is 25.7 Å². The fourth-order valence-corrected chi connectivity index (χ4v) is 4.29. The van der Waals surface area contributed by atoms with E-state index < -0.39 is 14.2 Å². The Morgan fingerprint density at radius 2 is 2.00 bits per heavy atom. The van der Waals surface area contributed by atoms with Crippen LogP contribution in [0.3, 0.4) is 0 Å². The molecule has 1 aliphatic rings. The summed E-state index contributed by atoms with van der Waals surface area (Å²) in [5, 5.41) is 0.900. The van der Waals surface area contributed by atoms with Crippen LogP contribution in [0, 0.1) is 0 Å². The summed E-state index contributed by atoms with van der Waals surface area (Å²) in [6.07, 6.45) is 1.54. The Morgan fingerprint density at radius 1 is 1.27 bits per heavy atom. The highest BCUT2D eigenvalue weighted by atomic mass is 28.3. The lowest BCUT2D eigenvalue weighted by Gasteiger charge is -2.27. The van der Waals surface area contributed by atoms with Gasteiger partial charge in [0.15, 0.2) is 0 Å². The van der Waals surface area contributed by atoms with E-state index in [0.29, 0.717) is 45.1 Å². The van der Waals surface area contributed by atoms with Crippen molar-refractivity contribution in [3.8, 4) is 0 Å². The average molecular weight is 433 g/mol. The van der Waals surface area contributed by atoms with Gasteiger partial charge in [0.05, 0.1) is 18.7 Å². The minimum absolute atomic E-state index is 0.00533. The molecule has 0 aliphatic carbocycles. The van der Waals surface area contributed by atoms with Crippen molar-refractivity contribution in [1.29, 1.82) is 0 Å². The summed E-state index contributed by atoms with van der Waals surface area (Å²) >= 11 is 0. The third-order valence-electron chi connectivity index (χ3n) is 5.38. The molecule has 1 aromatic carbocycles. The van der Waals surface area contributed by atoms with Gasteiger partial charge >= 0.3 is 0 Å². The van der Waals surface area contributed by atoms with Crippen molar-refractivity contribution >= 4 is 31.4 Å². The SMILES string of the molecule is CC(OC=O)c1cn(COCC[Si](C)(C)C)c2ccc(C(=O)N3CCOCC3)cc12. The van der Waals surface area contributed by atoms with Gasteiger partial charge < -0.3 is 23.7 Å². The minimum Gasteiger partial charge on any atom is -0.460 e. The van der Waals surface area contributed by atoms with Crippen molar-refractivity contribution in [2.75, 3.05) is 32.9 Å². The number of amides is 1. The number of carbonyl (C=O) groups is 2. The molecule has 1 aromatic heterocycles. The zero-order chi connectivity index (χ0) is 21.7. The van der Waals surface area contributed by atoms with E-state index in [1.807, 2.05) is 40.8 Å². The second kappa shape index (κ2) is 9.76. The maximum Gasteiger partial charge on any atom is 0.293 e. The molecule has 0 N–H and O–H groups in total. The van der Waals surface area contributed by atoms with E-state index in [-0.39, 0.29) is 5.91 Å². The molecule has 1 amide bonds. The summed E-state index contributed by atoms with van der Waals surface area (Å²) in [7, 11) is -1.15. The molecular formula is C22H32N2O5Si. The number of hydrogen-bond acceptors (Lipinski definition) is 5. The number of benzene rings is 1. The fraction of sp³-hybridized carbons (Fsp3) is 0.545. The molecule has 8 heteroatoms. The van der Waals surface area contributed by atoms with Gasteiger partial charge in [-0.15, -0.1) is 0 Å².